The number of benzene rings is 1. The fourth-order valence-electron chi connectivity index (χ4n) is 2.08. The summed E-state index contributed by atoms with van der Waals surface area (Å²) < 4.78 is 5.55. The molecule has 2 rings (SSSR count). The minimum atomic E-state index is -0.305. The Morgan fingerprint density at radius 2 is 2.05 bits per heavy atom. The second-order valence-corrected chi connectivity index (χ2v) is 5.53. The molecule has 1 aromatic rings. The van der Waals surface area contributed by atoms with Crippen LogP contribution in [0.1, 0.15) is 24.3 Å². The Kier molecular flexibility index (Phi) is 4.58. The molecular formula is C14H16BrNO3. The molecule has 1 aliphatic rings. The number of carbonyl (C=O) groups excluding carboxylic acids is 2. The van der Waals surface area contributed by atoms with Crippen molar-refractivity contribution in [3.63, 3.8) is 0 Å². The van der Waals surface area contributed by atoms with Gasteiger partial charge in [-0.15, -0.1) is 0 Å². The van der Waals surface area contributed by atoms with Gasteiger partial charge in [0.15, 0.2) is 0 Å². The predicted molar refractivity (Wildman–Crippen MR) is 74.6 cm³/mol. The lowest BCUT2D eigenvalue weighted by Gasteiger charge is -2.04. The molecule has 0 spiro atoms. The van der Waals surface area contributed by atoms with Crippen LogP contribution in [0.5, 0.6) is 0 Å². The number of rotatable bonds is 5. The van der Waals surface area contributed by atoms with Crippen LogP contribution < -0.4 is 5.32 Å². The third kappa shape index (κ3) is 3.80. The summed E-state index contributed by atoms with van der Waals surface area (Å²) in [7, 11) is 1.34. The topological polar surface area (TPSA) is 55.4 Å². The summed E-state index contributed by atoms with van der Waals surface area (Å²) >= 11 is 3.39. The van der Waals surface area contributed by atoms with Crippen LogP contribution in [-0.2, 0) is 14.3 Å². The molecule has 1 N–H and O–H groups in total. The van der Waals surface area contributed by atoms with Crippen molar-refractivity contribution in [3.8, 4) is 0 Å². The molecule has 4 nitrogen and oxygen atoms in total. The molecule has 1 saturated carbocycles. The lowest BCUT2D eigenvalue weighted by atomic mass is 10.1. The van der Waals surface area contributed by atoms with Crippen LogP contribution in [0.15, 0.2) is 28.7 Å². The lowest BCUT2D eigenvalue weighted by Crippen LogP contribution is -2.28. The fraction of sp³-hybridized carbons (Fsp3) is 0.429. The zero-order valence-corrected chi connectivity index (χ0v) is 12.3. The standard InChI is InChI=1S/C14H16BrNO3/c1-19-13(17)6-7-16-14(18)12-8-11(12)9-2-4-10(15)5-3-9/h2-5,11-12H,6-8H2,1H3,(H,16,18). The average Bonchev–Trinajstić information content (AvgIpc) is 3.19. The number of esters is 1. The fourth-order valence-corrected chi connectivity index (χ4v) is 2.35. The summed E-state index contributed by atoms with van der Waals surface area (Å²) in [4.78, 5) is 22.8. The first-order valence-corrected chi connectivity index (χ1v) is 7.01. The number of hydrogen-bond donors (Lipinski definition) is 1. The normalized spacial score (nSPS) is 20.7. The van der Waals surface area contributed by atoms with Gasteiger partial charge in [-0.1, -0.05) is 28.1 Å². The minimum absolute atomic E-state index is 0.0248. The van der Waals surface area contributed by atoms with Gasteiger partial charge in [-0.05, 0) is 30.0 Å². The Bertz CT molecular complexity index is 472. The van der Waals surface area contributed by atoms with Crippen molar-refractivity contribution >= 4 is 27.8 Å². The van der Waals surface area contributed by atoms with Gasteiger partial charge in [0.1, 0.15) is 0 Å². The zero-order chi connectivity index (χ0) is 13.8. The number of amides is 1. The van der Waals surface area contributed by atoms with Crippen LogP contribution >= 0.6 is 15.9 Å². The van der Waals surface area contributed by atoms with Crippen molar-refractivity contribution in [1.82, 2.24) is 5.32 Å². The van der Waals surface area contributed by atoms with Gasteiger partial charge in [0.2, 0.25) is 5.91 Å². The quantitative estimate of drug-likeness (QED) is 0.844. The largest absolute Gasteiger partial charge is 0.469 e. The van der Waals surface area contributed by atoms with Gasteiger partial charge in [0, 0.05) is 16.9 Å². The van der Waals surface area contributed by atoms with E-state index in [0.29, 0.717) is 12.5 Å². The van der Waals surface area contributed by atoms with E-state index in [1.807, 2.05) is 24.3 Å². The van der Waals surface area contributed by atoms with Crippen molar-refractivity contribution < 1.29 is 14.3 Å². The van der Waals surface area contributed by atoms with Crippen LogP contribution in [0, 0.1) is 5.92 Å². The lowest BCUT2D eigenvalue weighted by molar-refractivity contribution is -0.140. The highest BCUT2D eigenvalue weighted by Gasteiger charge is 2.43. The highest BCUT2D eigenvalue weighted by molar-refractivity contribution is 9.10. The van der Waals surface area contributed by atoms with Crippen molar-refractivity contribution in [2.75, 3.05) is 13.7 Å². The maximum absolute atomic E-state index is 11.9. The number of nitrogens with one attached hydrogen (secondary N) is 1. The molecule has 2 atom stereocenters. The molecule has 0 aliphatic heterocycles. The van der Waals surface area contributed by atoms with Gasteiger partial charge in [-0.25, -0.2) is 0 Å². The Hall–Kier alpha value is -1.36. The summed E-state index contributed by atoms with van der Waals surface area (Å²) in [5.41, 5.74) is 1.19. The van der Waals surface area contributed by atoms with Gasteiger partial charge in [-0.2, -0.15) is 0 Å². The Morgan fingerprint density at radius 1 is 1.37 bits per heavy atom. The van der Waals surface area contributed by atoms with Crippen LogP contribution in [0.3, 0.4) is 0 Å². The SMILES string of the molecule is COC(=O)CCNC(=O)C1CC1c1ccc(Br)cc1. The average molecular weight is 326 g/mol. The molecule has 1 aliphatic carbocycles. The molecule has 0 saturated heterocycles. The maximum atomic E-state index is 11.9. The van der Waals surface area contributed by atoms with Gasteiger partial charge in [0.05, 0.1) is 13.5 Å². The smallest absolute Gasteiger partial charge is 0.307 e. The molecule has 19 heavy (non-hydrogen) atoms. The van der Waals surface area contributed by atoms with E-state index in [4.69, 9.17) is 0 Å². The Labute approximate surface area is 120 Å². The van der Waals surface area contributed by atoms with E-state index in [1.54, 1.807) is 0 Å². The number of hydrogen-bond acceptors (Lipinski definition) is 3. The maximum Gasteiger partial charge on any atom is 0.307 e. The minimum Gasteiger partial charge on any atom is -0.469 e. The van der Waals surface area contributed by atoms with E-state index in [-0.39, 0.29) is 24.2 Å². The predicted octanol–water partition coefficient (Wildman–Crippen LogP) is 2.23. The number of halogens is 1. The Morgan fingerprint density at radius 3 is 2.68 bits per heavy atom. The first-order chi connectivity index (χ1) is 9.11. The molecule has 0 aromatic heterocycles. The monoisotopic (exact) mass is 325 g/mol. The molecule has 0 bridgehead atoms. The summed E-state index contributed by atoms with van der Waals surface area (Å²) in [5, 5.41) is 2.77. The third-order valence-corrected chi connectivity index (χ3v) is 3.81. The summed E-state index contributed by atoms with van der Waals surface area (Å²) in [6, 6.07) is 8.05. The highest BCUT2D eigenvalue weighted by atomic mass is 79.9. The molecule has 0 radical (unpaired) electrons. The second kappa shape index (κ2) is 6.19. The third-order valence-electron chi connectivity index (χ3n) is 3.28. The van der Waals surface area contributed by atoms with Gasteiger partial charge in [-0.3, -0.25) is 9.59 Å². The van der Waals surface area contributed by atoms with Crippen molar-refractivity contribution in [1.29, 1.82) is 0 Å². The molecule has 1 amide bonds. The van der Waals surface area contributed by atoms with Crippen molar-refractivity contribution in [2.24, 2.45) is 5.92 Å². The van der Waals surface area contributed by atoms with Gasteiger partial charge in [0.25, 0.3) is 0 Å². The van der Waals surface area contributed by atoms with E-state index in [2.05, 4.69) is 26.0 Å². The first-order valence-electron chi connectivity index (χ1n) is 6.22. The summed E-state index contributed by atoms with van der Waals surface area (Å²) in [6.07, 6.45) is 1.10. The van der Waals surface area contributed by atoms with Crippen molar-refractivity contribution in [3.05, 3.63) is 34.3 Å². The number of carbonyl (C=O) groups is 2. The van der Waals surface area contributed by atoms with Crippen LogP contribution in [0.4, 0.5) is 0 Å². The van der Waals surface area contributed by atoms with E-state index in [1.165, 1.54) is 12.7 Å². The van der Waals surface area contributed by atoms with E-state index in [0.717, 1.165) is 10.9 Å². The molecule has 1 fully saturated rings. The zero-order valence-electron chi connectivity index (χ0n) is 10.7. The molecule has 1 aromatic carbocycles. The molecule has 2 unspecified atom stereocenters. The Balaban J connectivity index is 1.77. The van der Waals surface area contributed by atoms with E-state index < -0.39 is 0 Å². The van der Waals surface area contributed by atoms with E-state index in [9.17, 15) is 9.59 Å². The van der Waals surface area contributed by atoms with E-state index >= 15 is 0 Å². The second-order valence-electron chi connectivity index (χ2n) is 4.62. The molecule has 5 heteroatoms. The van der Waals surface area contributed by atoms with Crippen LogP contribution in [-0.4, -0.2) is 25.5 Å². The number of methoxy groups -OCH3 is 1. The van der Waals surface area contributed by atoms with Crippen LogP contribution in [0.25, 0.3) is 0 Å². The molecular weight excluding hydrogens is 310 g/mol. The molecule has 0 heterocycles. The summed E-state index contributed by atoms with van der Waals surface area (Å²) in [6.45, 7) is 0.342. The van der Waals surface area contributed by atoms with Gasteiger partial charge >= 0.3 is 5.97 Å². The first kappa shape index (κ1) is 14.1. The number of ether oxygens (including phenoxy) is 1. The van der Waals surface area contributed by atoms with Crippen molar-refractivity contribution in [2.45, 2.75) is 18.8 Å². The highest BCUT2D eigenvalue weighted by Crippen LogP contribution is 2.47. The summed E-state index contributed by atoms with van der Waals surface area (Å²) in [5.74, 6) is 0.0717. The molecule has 102 valence electrons. The van der Waals surface area contributed by atoms with Gasteiger partial charge < -0.3 is 10.1 Å². The van der Waals surface area contributed by atoms with Crippen LogP contribution in [0.2, 0.25) is 0 Å².